The Morgan fingerprint density at radius 1 is 1.54 bits per heavy atom. The van der Waals surface area contributed by atoms with Crippen LogP contribution in [0.25, 0.3) is 0 Å². The van der Waals surface area contributed by atoms with Gasteiger partial charge in [-0.1, -0.05) is 13.3 Å². The molecule has 0 amide bonds. The van der Waals surface area contributed by atoms with Gasteiger partial charge in [0.2, 0.25) is 0 Å². The quantitative estimate of drug-likeness (QED) is 0.538. The summed E-state index contributed by atoms with van der Waals surface area (Å²) in [5.41, 5.74) is 0. The Labute approximate surface area is 78.6 Å². The average Bonchev–Trinajstić information content (AvgIpc) is 2.49. The van der Waals surface area contributed by atoms with Crippen molar-refractivity contribution in [3.05, 3.63) is 17.3 Å². The van der Waals surface area contributed by atoms with Crippen LogP contribution >= 0.6 is 0 Å². The number of hydrogen-bond acceptors (Lipinski definition) is 4. The van der Waals surface area contributed by atoms with Gasteiger partial charge < -0.3 is 15.0 Å². The third-order valence-electron chi connectivity index (χ3n) is 1.74. The lowest BCUT2D eigenvalue weighted by Gasteiger charge is -2.17. The summed E-state index contributed by atoms with van der Waals surface area (Å²) >= 11 is 0. The minimum absolute atomic E-state index is 1.07. The summed E-state index contributed by atoms with van der Waals surface area (Å²) in [5.74, 6) is 0. The zero-order valence-corrected chi connectivity index (χ0v) is 8.18. The van der Waals surface area contributed by atoms with Crippen LogP contribution in [0.3, 0.4) is 0 Å². The zero-order valence-electron chi connectivity index (χ0n) is 8.18. The highest BCUT2D eigenvalue weighted by molar-refractivity contribution is 4.88. The first kappa shape index (κ1) is 11.7. The van der Waals surface area contributed by atoms with Crippen molar-refractivity contribution in [1.82, 2.24) is 9.80 Å². The zero-order chi connectivity index (χ0) is 10.1. The van der Waals surface area contributed by atoms with E-state index in [1.807, 2.05) is 0 Å². The number of unbranched alkanes of at least 4 members (excludes halogenated alkanes) is 1. The fourth-order valence-electron chi connectivity index (χ4n) is 1.10. The van der Waals surface area contributed by atoms with Crippen molar-refractivity contribution in [2.75, 3.05) is 20.3 Å². The van der Waals surface area contributed by atoms with Crippen LogP contribution in [-0.4, -0.2) is 35.3 Å². The van der Waals surface area contributed by atoms with Gasteiger partial charge in [-0.15, -0.1) is 4.91 Å². The van der Waals surface area contributed by atoms with E-state index in [9.17, 15) is 0 Å². The molecule has 0 bridgehead atoms. The third kappa shape index (κ3) is 5.95. The molecule has 0 aromatic rings. The van der Waals surface area contributed by atoms with Crippen LogP contribution in [0.1, 0.15) is 19.8 Å². The highest BCUT2D eigenvalue weighted by Gasteiger charge is 2.05. The Hall–Kier alpha value is -1.26. The lowest BCUT2D eigenvalue weighted by molar-refractivity contribution is 0.293. The van der Waals surface area contributed by atoms with Gasteiger partial charge in [-0.2, -0.15) is 0 Å². The maximum atomic E-state index is 8.11. The SMILES string of the molecule is CCCCN1C=CN(C)C1.O=NO. The predicted octanol–water partition coefficient (Wildman–Crippen LogP) is 1.60. The lowest BCUT2D eigenvalue weighted by atomic mass is 10.3. The monoisotopic (exact) mass is 187 g/mol. The summed E-state index contributed by atoms with van der Waals surface area (Å²) in [6, 6.07) is 0. The van der Waals surface area contributed by atoms with Crippen LogP contribution in [0.4, 0.5) is 0 Å². The molecular formula is C8H17N3O2. The Morgan fingerprint density at radius 3 is 2.54 bits per heavy atom. The largest absolute Gasteiger partial charge is 0.379 e. The molecule has 0 fully saturated rings. The van der Waals surface area contributed by atoms with Crippen molar-refractivity contribution < 1.29 is 5.21 Å². The molecule has 0 atom stereocenters. The molecule has 0 saturated heterocycles. The minimum Gasteiger partial charge on any atom is -0.379 e. The van der Waals surface area contributed by atoms with E-state index in [4.69, 9.17) is 10.1 Å². The first-order valence-electron chi connectivity index (χ1n) is 4.34. The molecule has 13 heavy (non-hydrogen) atoms. The second kappa shape index (κ2) is 7.39. The smallest absolute Gasteiger partial charge is 0.152 e. The third-order valence-corrected chi connectivity index (χ3v) is 1.74. The van der Waals surface area contributed by atoms with Crippen molar-refractivity contribution in [3.63, 3.8) is 0 Å². The van der Waals surface area contributed by atoms with Crippen LogP contribution in [0.15, 0.2) is 17.7 Å². The van der Waals surface area contributed by atoms with E-state index < -0.39 is 0 Å². The average molecular weight is 187 g/mol. The summed E-state index contributed by atoms with van der Waals surface area (Å²) in [7, 11) is 2.10. The first-order chi connectivity index (χ1) is 6.24. The number of nitrogens with zero attached hydrogens (tertiary/aromatic N) is 3. The molecule has 5 nitrogen and oxygen atoms in total. The molecule has 0 aliphatic carbocycles. The van der Waals surface area contributed by atoms with Gasteiger partial charge in [-0.25, -0.2) is 0 Å². The van der Waals surface area contributed by atoms with E-state index >= 15 is 0 Å². The Bertz CT molecular complexity index is 161. The summed E-state index contributed by atoms with van der Waals surface area (Å²) in [6.45, 7) is 4.50. The molecule has 1 aliphatic heterocycles. The normalized spacial score (nSPS) is 14.0. The van der Waals surface area contributed by atoms with E-state index in [0.29, 0.717) is 0 Å². The topological polar surface area (TPSA) is 56.1 Å². The second-order valence-electron chi connectivity index (χ2n) is 2.94. The Kier molecular flexibility index (Phi) is 6.68. The standard InChI is InChI=1S/C8H16N2.HNO2/c1-3-4-5-10-7-6-9(2)8-10;2-1-3/h6-7H,3-5,8H2,1-2H3;(H,2,3). The van der Waals surface area contributed by atoms with Gasteiger partial charge in [0.15, 0.2) is 5.34 Å². The molecule has 0 aromatic heterocycles. The molecule has 1 N–H and O–H groups in total. The Morgan fingerprint density at radius 2 is 2.15 bits per heavy atom. The van der Waals surface area contributed by atoms with Crippen molar-refractivity contribution in [2.45, 2.75) is 19.8 Å². The van der Waals surface area contributed by atoms with Crippen molar-refractivity contribution in [3.8, 4) is 0 Å². The van der Waals surface area contributed by atoms with Gasteiger partial charge in [0.25, 0.3) is 0 Å². The number of hydrogen-bond donors (Lipinski definition) is 1. The summed E-state index contributed by atoms with van der Waals surface area (Å²) < 4.78 is 0. The molecule has 0 saturated carbocycles. The van der Waals surface area contributed by atoms with Crippen LogP contribution in [0, 0.1) is 4.91 Å². The van der Waals surface area contributed by atoms with Gasteiger partial charge in [-0.05, 0) is 6.42 Å². The van der Waals surface area contributed by atoms with Gasteiger partial charge in [0.05, 0.1) is 6.67 Å². The first-order valence-corrected chi connectivity index (χ1v) is 4.34. The van der Waals surface area contributed by atoms with Crippen LogP contribution < -0.4 is 0 Å². The molecule has 5 heteroatoms. The molecular weight excluding hydrogens is 170 g/mol. The second-order valence-corrected chi connectivity index (χ2v) is 2.94. The molecule has 1 rings (SSSR count). The maximum absolute atomic E-state index is 8.11. The molecule has 0 radical (unpaired) electrons. The van der Waals surface area contributed by atoms with Gasteiger partial charge in [0.1, 0.15) is 0 Å². The van der Waals surface area contributed by atoms with E-state index in [2.05, 4.69) is 36.2 Å². The summed E-state index contributed by atoms with van der Waals surface area (Å²) in [6.07, 6.45) is 6.87. The van der Waals surface area contributed by atoms with Crippen LogP contribution in [0.2, 0.25) is 0 Å². The van der Waals surface area contributed by atoms with E-state index in [1.54, 1.807) is 0 Å². The van der Waals surface area contributed by atoms with E-state index in [1.165, 1.54) is 24.7 Å². The number of rotatable bonds is 3. The van der Waals surface area contributed by atoms with E-state index in [0.717, 1.165) is 6.67 Å². The van der Waals surface area contributed by atoms with Crippen LogP contribution in [0.5, 0.6) is 0 Å². The fourth-order valence-corrected chi connectivity index (χ4v) is 1.10. The highest BCUT2D eigenvalue weighted by Crippen LogP contribution is 2.04. The molecule has 0 unspecified atom stereocenters. The van der Waals surface area contributed by atoms with Crippen molar-refractivity contribution >= 4 is 0 Å². The highest BCUT2D eigenvalue weighted by atomic mass is 16.6. The lowest BCUT2D eigenvalue weighted by Crippen LogP contribution is -2.23. The predicted molar refractivity (Wildman–Crippen MR) is 51.0 cm³/mol. The van der Waals surface area contributed by atoms with Crippen LogP contribution in [-0.2, 0) is 0 Å². The molecule has 0 aromatic carbocycles. The van der Waals surface area contributed by atoms with Gasteiger partial charge >= 0.3 is 0 Å². The molecule has 0 spiro atoms. The molecule has 1 heterocycles. The van der Waals surface area contributed by atoms with Gasteiger partial charge in [0, 0.05) is 26.0 Å². The van der Waals surface area contributed by atoms with Gasteiger partial charge in [-0.3, -0.25) is 0 Å². The molecule has 1 aliphatic rings. The fraction of sp³-hybridized carbons (Fsp3) is 0.750. The molecule has 76 valence electrons. The summed E-state index contributed by atoms with van der Waals surface area (Å²) in [5, 5.41) is 7.89. The van der Waals surface area contributed by atoms with Crippen molar-refractivity contribution in [1.29, 1.82) is 0 Å². The van der Waals surface area contributed by atoms with E-state index in [-0.39, 0.29) is 0 Å². The maximum Gasteiger partial charge on any atom is 0.152 e. The Balaban J connectivity index is 0.000000424. The summed E-state index contributed by atoms with van der Waals surface area (Å²) in [4.78, 5) is 12.6. The van der Waals surface area contributed by atoms with Crippen molar-refractivity contribution in [2.24, 2.45) is 5.34 Å². The minimum atomic E-state index is 1.07.